The molecule has 0 saturated carbocycles. The number of nitrogens with zero attached hydrogens (tertiary/aromatic N) is 5. The fraction of sp³-hybridized carbons (Fsp3) is 0.310. The van der Waals surface area contributed by atoms with Crippen molar-refractivity contribution in [3.63, 3.8) is 0 Å². The molecule has 4 N–H and O–H groups in total. The zero-order valence-electron chi connectivity index (χ0n) is 24.7. The lowest BCUT2D eigenvalue weighted by Crippen LogP contribution is -2.18. The van der Waals surface area contributed by atoms with Crippen LogP contribution in [-0.2, 0) is 35.0 Å². The molecule has 1 aliphatic rings. The predicted molar refractivity (Wildman–Crippen MR) is 161 cm³/mol. The molecule has 0 bridgehead atoms. The minimum atomic E-state index is -4.82. The first-order valence-corrected chi connectivity index (χ1v) is 15.1. The van der Waals surface area contributed by atoms with Crippen LogP contribution in [0, 0.1) is 0 Å². The van der Waals surface area contributed by atoms with Gasteiger partial charge in [-0.1, -0.05) is 12.1 Å². The molecule has 0 aliphatic carbocycles. The number of fused-ring (bicyclic) bond motifs is 1. The number of unbranched alkanes of at least 4 members (excludes halogenated alkanes) is 1. The van der Waals surface area contributed by atoms with Gasteiger partial charge in [-0.15, -0.1) is 9.42 Å². The van der Waals surface area contributed by atoms with Crippen LogP contribution in [0.5, 0.6) is 5.75 Å². The van der Waals surface area contributed by atoms with E-state index in [-0.39, 0.29) is 48.6 Å². The Kier molecular flexibility index (Phi) is 9.82. The van der Waals surface area contributed by atoms with Crippen molar-refractivity contribution in [1.82, 2.24) is 24.6 Å². The zero-order valence-corrected chi connectivity index (χ0v) is 25.6. The topological polar surface area (TPSA) is 164 Å². The number of ether oxygens (including phenoxy) is 1. The van der Waals surface area contributed by atoms with Crippen LogP contribution in [0.3, 0.4) is 0 Å². The molecule has 0 fully saturated rings. The summed E-state index contributed by atoms with van der Waals surface area (Å²) in [6, 6.07) is 7.88. The van der Waals surface area contributed by atoms with Gasteiger partial charge in [-0.25, -0.2) is 4.98 Å². The van der Waals surface area contributed by atoms with Gasteiger partial charge in [0.25, 0.3) is 5.91 Å². The highest BCUT2D eigenvalue weighted by Gasteiger charge is 2.37. The van der Waals surface area contributed by atoms with Crippen molar-refractivity contribution in [3.8, 4) is 16.9 Å². The third-order valence-electron chi connectivity index (χ3n) is 7.21. The summed E-state index contributed by atoms with van der Waals surface area (Å²) >= 11 is 0. The number of rotatable bonds is 13. The van der Waals surface area contributed by atoms with Gasteiger partial charge in [0.2, 0.25) is 5.95 Å². The molecule has 242 valence electrons. The van der Waals surface area contributed by atoms with Crippen molar-refractivity contribution >= 4 is 37.3 Å². The van der Waals surface area contributed by atoms with E-state index < -0.39 is 25.8 Å². The van der Waals surface area contributed by atoms with E-state index in [4.69, 9.17) is 19.3 Å². The minimum absolute atomic E-state index is 0.0823. The first kappa shape index (κ1) is 32.8. The van der Waals surface area contributed by atoms with Crippen LogP contribution in [0.2, 0.25) is 0 Å². The van der Waals surface area contributed by atoms with Crippen LogP contribution in [0.25, 0.3) is 11.1 Å². The Morgan fingerprint density at radius 3 is 2.61 bits per heavy atom. The summed E-state index contributed by atoms with van der Waals surface area (Å²) < 4.78 is 65.0. The molecule has 2 aromatic heterocycles. The average molecular weight is 661 g/mol. The maximum absolute atomic E-state index is 14.1. The second kappa shape index (κ2) is 13.8. The number of amides is 1. The Bertz CT molecular complexity index is 1770. The van der Waals surface area contributed by atoms with Crippen molar-refractivity contribution in [2.45, 2.75) is 38.7 Å². The van der Waals surface area contributed by atoms with Crippen LogP contribution in [0.15, 0.2) is 48.9 Å². The van der Waals surface area contributed by atoms with Gasteiger partial charge in [-0.3, -0.25) is 9.48 Å². The number of anilines is 4. The summed E-state index contributed by atoms with van der Waals surface area (Å²) in [4.78, 5) is 31.6. The summed E-state index contributed by atoms with van der Waals surface area (Å²) in [5, 5.41) is 19.0. The molecule has 3 heterocycles. The Labute approximate surface area is 262 Å². The molecular weight excluding hydrogens is 630 g/mol. The number of aliphatic hydroxyl groups excluding tert-OH is 1. The molecule has 5 rings (SSSR count). The van der Waals surface area contributed by atoms with E-state index in [0.29, 0.717) is 36.0 Å². The van der Waals surface area contributed by atoms with Crippen LogP contribution in [-0.4, -0.2) is 61.3 Å². The van der Waals surface area contributed by atoms with Crippen molar-refractivity contribution in [1.29, 1.82) is 0 Å². The Balaban J connectivity index is 1.48. The second-order valence-corrected chi connectivity index (χ2v) is 11.1. The molecule has 0 radical (unpaired) electrons. The van der Waals surface area contributed by atoms with Gasteiger partial charge in [-0.2, -0.15) is 23.3 Å². The van der Waals surface area contributed by atoms with E-state index in [2.05, 4.69) is 25.7 Å². The van der Waals surface area contributed by atoms with Crippen LogP contribution >= 0.6 is 8.25 Å². The van der Waals surface area contributed by atoms with Gasteiger partial charge in [0.1, 0.15) is 23.7 Å². The molecule has 1 atom stereocenters. The summed E-state index contributed by atoms with van der Waals surface area (Å²) in [5.74, 6) is -0.877. The first-order chi connectivity index (χ1) is 22.0. The van der Waals surface area contributed by atoms with Crippen LogP contribution in [0.4, 0.5) is 36.3 Å². The first-order valence-electron chi connectivity index (χ1n) is 14.0. The number of halogens is 3. The number of aliphatic hydroxyl groups is 1. The number of methoxy groups -OCH3 is 1. The average Bonchev–Trinajstić information content (AvgIpc) is 3.60. The lowest BCUT2D eigenvalue weighted by Gasteiger charge is -2.17. The number of carbonyl (C=O) groups excluding carboxylic acids is 1. The van der Waals surface area contributed by atoms with E-state index in [9.17, 15) is 22.5 Å². The molecule has 13 nitrogen and oxygen atoms in total. The standard InChI is InChI=1S/C29H29F3N7O6P/c1-38-15-20-19(18-12-34-39(14-18)9-3-4-10-40)6-8-23(25(20)27(38)41)35-26-21(29(30,31)32)13-33-28(37-26)36-22-7-5-17(11-24(22)44-2)16-45-46(42)43/h5-8,11-14,40H,3-4,9-10,15-16H2,1-2H3,(H2-,33,35,36,37,41,42,43)/p+1. The largest absolute Gasteiger partial charge is 0.695 e. The number of aromatic nitrogens is 4. The highest BCUT2D eigenvalue weighted by molar-refractivity contribution is 7.32. The fourth-order valence-corrected chi connectivity index (χ4v) is 5.25. The zero-order chi connectivity index (χ0) is 33.0. The maximum Gasteiger partial charge on any atom is 0.695 e. The molecule has 0 saturated heterocycles. The Hall–Kier alpha value is -4.63. The molecule has 1 unspecified atom stereocenters. The number of nitrogens with one attached hydrogen (secondary N) is 2. The van der Waals surface area contributed by atoms with Gasteiger partial charge >= 0.3 is 14.4 Å². The number of hydrogen-bond donors (Lipinski definition) is 4. The smallest absolute Gasteiger partial charge is 0.495 e. The Morgan fingerprint density at radius 1 is 1.11 bits per heavy atom. The van der Waals surface area contributed by atoms with Crippen LogP contribution < -0.4 is 15.4 Å². The number of alkyl halides is 3. The summed E-state index contributed by atoms with van der Waals surface area (Å²) in [5.41, 5.74) is 2.14. The number of carbonyl (C=O) groups is 1. The van der Waals surface area contributed by atoms with E-state index in [1.807, 2.05) is 6.20 Å². The minimum Gasteiger partial charge on any atom is -0.495 e. The highest BCUT2D eigenvalue weighted by atomic mass is 31.1. The lowest BCUT2D eigenvalue weighted by atomic mass is 9.97. The van der Waals surface area contributed by atoms with E-state index in [0.717, 1.165) is 17.5 Å². The molecule has 1 amide bonds. The van der Waals surface area contributed by atoms with Crippen molar-refractivity contribution in [2.75, 3.05) is 31.4 Å². The molecule has 2 aromatic carbocycles. The summed E-state index contributed by atoms with van der Waals surface area (Å²) in [7, 11) is 0.175. The fourth-order valence-electron chi connectivity index (χ4n) is 4.99. The summed E-state index contributed by atoms with van der Waals surface area (Å²) in [6.45, 7) is 0.755. The maximum atomic E-state index is 14.1. The van der Waals surface area contributed by atoms with Gasteiger partial charge < -0.3 is 25.4 Å². The molecular formula is C29H30F3N7O6P+. The number of benzene rings is 2. The van der Waals surface area contributed by atoms with E-state index >= 15 is 0 Å². The Morgan fingerprint density at radius 2 is 1.89 bits per heavy atom. The molecule has 0 spiro atoms. The lowest BCUT2D eigenvalue weighted by molar-refractivity contribution is -0.137. The van der Waals surface area contributed by atoms with Gasteiger partial charge in [0, 0.05) is 49.3 Å². The molecule has 17 heteroatoms. The molecule has 1 aliphatic heterocycles. The molecule has 4 aromatic rings. The number of aryl methyl sites for hydroxylation is 1. The third kappa shape index (κ3) is 7.26. The van der Waals surface area contributed by atoms with Gasteiger partial charge in [0.05, 0.1) is 30.2 Å². The normalized spacial score (nSPS) is 13.2. The monoisotopic (exact) mass is 660 g/mol. The highest BCUT2D eigenvalue weighted by Crippen LogP contribution is 2.40. The van der Waals surface area contributed by atoms with Crippen LogP contribution in [0.1, 0.15) is 39.9 Å². The van der Waals surface area contributed by atoms with Crippen molar-refractivity contribution in [2.24, 2.45) is 0 Å². The third-order valence-corrected chi connectivity index (χ3v) is 7.56. The predicted octanol–water partition coefficient (Wildman–Crippen LogP) is 5.38. The second-order valence-electron chi connectivity index (χ2n) is 10.3. The van der Waals surface area contributed by atoms with Crippen molar-refractivity contribution < 1.29 is 41.8 Å². The van der Waals surface area contributed by atoms with E-state index in [1.54, 1.807) is 30.1 Å². The molecule has 46 heavy (non-hydrogen) atoms. The summed E-state index contributed by atoms with van der Waals surface area (Å²) in [6.07, 6.45) is 0.680. The van der Waals surface area contributed by atoms with Gasteiger partial charge in [-0.05, 0) is 47.7 Å². The SMILES string of the molecule is COc1cc(CO[P+](=O)O)ccc1Nc1ncc(C(F)(F)F)c(Nc2ccc(-c3cnn(CCCCO)c3)c3c2C(=O)N(C)C3)n1. The van der Waals surface area contributed by atoms with E-state index in [1.165, 1.54) is 30.2 Å². The quantitative estimate of drug-likeness (QED) is 0.108. The van der Waals surface area contributed by atoms with Crippen molar-refractivity contribution in [3.05, 3.63) is 71.2 Å². The number of hydrogen-bond acceptors (Lipinski definition) is 10. The van der Waals surface area contributed by atoms with Gasteiger partial charge in [0.15, 0.2) is 0 Å².